The van der Waals surface area contributed by atoms with E-state index in [1.54, 1.807) is 12.1 Å². The molecule has 134 valence electrons. The number of carbonyl (C=O) groups excluding carboxylic acids is 1. The molecule has 0 unspecified atom stereocenters. The van der Waals surface area contributed by atoms with Crippen LogP contribution in [-0.2, 0) is 6.42 Å². The fourth-order valence-corrected chi connectivity index (χ4v) is 2.80. The zero-order valence-corrected chi connectivity index (χ0v) is 15.3. The molecule has 26 heavy (non-hydrogen) atoms. The van der Waals surface area contributed by atoms with Gasteiger partial charge in [-0.1, -0.05) is 37.6 Å². The number of nitrogens with zero attached hydrogens (tertiary/aromatic N) is 1. The van der Waals surface area contributed by atoms with Crippen LogP contribution in [0.5, 0.6) is 0 Å². The SMILES string of the molecule is CC(C)Cc1[nH]nc(-c2ccc(Cl)cc2)c1NC(=O)c1ccc(F)cc1. The predicted octanol–water partition coefficient (Wildman–Crippen LogP) is 5.32. The summed E-state index contributed by atoms with van der Waals surface area (Å²) in [6.07, 6.45) is 0.736. The number of benzene rings is 2. The molecule has 2 aromatic carbocycles. The molecule has 3 rings (SSSR count). The molecule has 1 aromatic heterocycles. The second-order valence-electron chi connectivity index (χ2n) is 6.49. The molecule has 2 N–H and O–H groups in total. The van der Waals surface area contributed by atoms with Gasteiger partial charge in [0.15, 0.2) is 0 Å². The molecule has 0 saturated carbocycles. The second-order valence-corrected chi connectivity index (χ2v) is 6.93. The highest BCUT2D eigenvalue weighted by molar-refractivity contribution is 6.30. The van der Waals surface area contributed by atoms with E-state index in [0.717, 1.165) is 17.7 Å². The third-order valence-electron chi connectivity index (χ3n) is 3.92. The first kappa shape index (κ1) is 18.1. The molecule has 0 saturated heterocycles. The van der Waals surface area contributed by atoms with Crippen molar-refractivity contribution in [1.29, 1.82) is 0 Å². The minimum Gasteiger partial charge on any atom is -0.319 e. The lowest BCUT2D eigenvalue weighted by atomic mass is 10.0. The molecule has 0 aliphatic rings. The van der Waals surface area contributed by atoms with Crippen LogP contribution < -0.4 is 5.32 Å². The average molecular weight is 372 g/mol. The van der Waals surface area contributed by atoms with Gasteiger partial charge in [-0.25, -0.2) is 4.39 Å². The van der Waals surface area contributed by atoms with Crippen LogP contribution in [0.4, 0.5) is 10.1 Å². The van der Waals surface area contributed by atoms with Gasteiger partial charge in [-0.05, 0) is 48.7 Å². The van der Waals surface area contributed by atoms with Crippen molar-refractivity contribution in [2.45, 2.75) is 20.3 Å². The van der Waals surface area contributed by atoms with Gasteiger partial charge in [-0.3, -0.25) is 9.89 Å². The highest BCUT2D eigenvalue weighted by atomic mass is 35.5. The van der Waals surface area contributed by atoms with Gasteiger partial charge in [-0.15, -0.1) is 0 Å². The quantitative estimate of drug-likeness (QED) is 0.637. The lowest BCUT2D eigenvalue weighted by molar-refractivity contribution is 0.102. The molecule has 1 amide bonds. The summed E-state index contributed by atoms with van der Waals surface area (Å²) in [6.45, 7) is 4.18. The summed E-state index contributed by atoms with van der Waals surface area (Å²) in [7, 11) is 0. The zero-order valence-electron chi connectivity index (χ0n) is 14.5. The second kappa shape index (κ2) is 7.70. The van der Waals surface area contributed by atoms with E-state index in [4.69, 9.17) is 11.6 Å². The molecule has 0 fully saturated rings. The van der Waals surface area contributed by atoms with Crippen LogP contribution in [0.1, 0.15) is 29.9 Å². The number of aromatic nitrogens is 2. The Kier molecular flexibility index (Phi) is 5.38. The van der Waals surface area contributed by atoms with Crippen molar-refractivity contribution in [3.63, 3.8) is 0 Å². The van der Waals surface area contributed by atoms with E-state index in [2.05, 4.69) is 29.4 Å². The average Bonchev–Trinajstić information content (AvgIpc) is 2.98. The lowest BCUT2D eigenvalue weighted by Gasteiger charge is -2.10. The Balaban J connectivity index is 1.97. The van der Waals surface area contributed by atoms with Crippen LogP contribution in [0.2, 0.25) is 5.02 Å². The summed E-state index contributed by atoms with van der Waals surface area (Å²) in [6, 6.07) is 12.7. The highest BCUT2D eigenvalue weighted by Gasteiger charge is 2.19. The summed E-state index contributed by atoms with van der Waals surface area (Å²) in [5.41, 5.74) is 3.35. The molecule has 0 atom stereocenters. The topological polar surface area (TPSA) is 57.8 Å². The van der Waals surface area contributed by atoms with Crippen molar-refractivity contribution in [2.75, 3.05) is 5.32 Å². The standard InChI is InChI=1S/C20H19ClFN3O/c1-12(2)11-17-19(23-20(26)14-5-9-16(22)10-6-14)18(25-24-17)13-3-7-15(21)8-4-13/h3-10,12H,11H2,1-2H3,(H,23,26)(H,24,25). The summed E-state index contributed by atoms with van der Waals surface area (Å²) in [5.74, 6) is -0.311. The number of H-pyrrole nitrogens is 1. The van der Waals surface area contributed by atoms with Gasteiger partial charge in [0, 0.05) is 16.1 Å². The van der Waals surface area contributed by atoms with Crippen molar-refractivity contribution in [3.8, 4) is 11.3 Å². The van der Waals surface area contributed by atoms with Gasteiger partial charge in [0.2, 0.25) is 0 Å². The maximum Gasteiger partial charge on any atom is 0.255 e. The van der Waals surface area contributed by atoms with Gasteiger partial charge in [0.25, 0.3) is 5.91 Å². The van der Waals surface area contributed by atoms with Crippen molar-refractivity contribution in [3.05, 3.63) is 70.6 Å². The number of hydrogen-bond acceptors (Lipinski definition) is 2. The van der Waals surface area contributed by atoms with E-state index >= 15 is 0 Å². The third-order valence-corrected chi connectivity index (χ3v) is 4.17. The van der Waals surface area contributed by atoms with Gasteiger partial charge in [0.1, 0.15) is 11.5 Å². The zero-order chi connectivity index (χ0) is 18.7. The van der Waals surface area contributed by atoms with E-state index in [0.29, 0.717) is 27.9 Å². The first-order valence-corrected chi connectivity index (χ1v) is 8.72. The molecule has 0 bridgehead atoms. The van der Waals surface area contributed by atoms with E-state index in [1.165, 1.54) is 24.3 Å². The number of hydrogen-bond donors (Lipinski definition) is 2. The number of carbonyl (C=O) groups is 1. The number of nitrogens with one attached hydrogen (secondary N) is 2. The molecule has 6 heteroatoms. The molecule has 0 aliphatic carbocycles. The smallest absolute Gasteiger partial charge is 0.255 e. The van der Waals surface area contributed by atoms with Crippen LogP contribution in [0.3, 0.4) is 0 Å². The number of amides is 1. The summed E-state index contributed by atoms with van der Waals surface area (Å²) in [4.78, 5) is 12.6. The lowest BCUT2D eigenvalue weighted by Crippen LogP contribution is -2.14. The molecule has 3 aromatic rings. The Morgan fingerprint density at radius 1 is 1.15 bits per heavy atom. The van der Waals surface area contributed by atoms with Crippen LogP contribution >= 0.6 is 11.6 Å². The van der Waals surface area contributed by atoms with E-state index in [9.17, 15) is 9.18 Å². The Labute approximate surface area is 156 Å². The number of rotatable bonds is 5. The summed E-state index contributed by atoms with van der Waals surface area (Å²) < 4.78 is 13.1. The predicted molar refractivity (Wildman–Crippen MR) is 102 cm³/mol. The molecular weight excluding hydrogens is 353 g/mol. The molecule has 0 spiro atoms. The minimum absolute atomic E-state index is 0.313. The Morgan fingerprint density at radius 2 is 1.81 bits per heavy atom. The number of aromatic amines is 1. The summed E-state index contributed by atoms with van der Waals surface area (Å²) in [5, 5.41) is 11.0. The molecule has 1 heterocycles. The minimum atomic E-state index is -0.382. The van der Waals surface area contributed by atoms with Crippen molar-refractivity contribution < 1.29 is 9.18 Å². The van der Waals surface area contributed by atoms with Gasteiger partial charge in [0.05, 0.1) is 11.4 Å². The molecule has 4 nitrogen and oxygen atoms in total. The largest absolute Gasteiger partial charge is 0.319 e. The maximum atomic E-state index is 13.1. The Hall–Kier alpha value is -2.66. The fourth-order valence-electron chi connectivity index (χ4n) is 2.67. The highest BCUT2D eigenvalue weighted by Crippen LogP contribution is 2.31. The van der Waals surface area contributed by atoms with Crippen molar-refractivity contribution in [2.24, 2.45) is 5.92 Å². The maximum absolute atomic E-state index is 13.1. The van der Waals surface area contributed by atoms with Crippen LogP contribution in [0.15, 0.2) is 48.5 Å². The van der Waals surface area contributed by atoms with Gasteiger partial charge in [-0.2, -0.15) is 5.10 Å². The first-order valence-electron chi connectivity index (χ1n) is 8.34. The molecular formula is C20H19ClFN3O. The van der Waals surface area contributed by atoms with Gasteiger partial charge < -0.3 is 5.32 Å². The molecule has 0 radical (unpaired) electrons. The number of anilines is 1. The molecule has 0 aliphatic heterocycles. The van der Waals surface area contributed by atoms with Crippen LogP contribution in [0.25, 0.3) is 11.3 Å². The van der Waals surface area contributed by atoms with E-state index in [-0.39, 0.29) is 11.7 Å². The van der Waals surface area contributed by atoms with Crippen LogP contribution in [0, 0.1) is 11.7 Å². The normalized spacial score (nSPS) is 11.0. The van der Waals surface area contributed by atoms with Crippen molar-refractivity contribution >= 4 is 23.2 Å². The van der Waals surface area contributed by atoms with Crippen LogP contribution in [-0.4, -0.2) is 16.1 Å². The Morgan fingerprint density at radius 3 is 2.42 bits per heavy atom. The van der Waals surface area contributed by atoms with E-state index < -0.39 is 0 Å². The first-order chi connectivity index (χ1) is 12.4. The Bertz CT molecular complexity index is 902. The summed E-state index contributed by atoms with van der Waals surface area (Å²) >= 11 is 5.96. The van der Waals surface area contributed by atoms with E-state index in [1.807, 2.05) is 12.1 Å². The van der Waals surface area contributed by atoms with Crippen molar-refractivity contribution in [1.82, 2.24) is 10.2 Å². The van der Waals surface area contributed by atoms with Gasteiger partial charge >= 0.3 is 0 Å². The monoisotopic (exact) mass is 371 g/mol. The fraction of sp³-hybridized carbons (Fsp3) is 0.200. The number of halogens is 2. The third kappa shape index (κ3) is 4.11.